The van der Waals surface area contributed by atoms with Gasteiger partial charge in [0.15, 0.2) is 0 Å². The smallest absolute Gasteiger partial charge is 0.253 e. The van der Waals surface area contributed by atoms with Crippen LogP contribution in [0.4, 0.5) is 5.69 Å². The molecule has 21 heavy (non-hydrogen) atoms. The van der Waals surface area contributed by atoms with Gasteiger partial charge in [-0.05, 0) is 35.9 Å². The van der Waals surface area contributed by atoms with Crippen LogP contribution < -0.4 is 9.75 Å². The van der Waals surface area contributed by atoms with Crippen LogP contribution >= 0.6 is 0 Å². The first kappa shape index (κ1) is 13.3. The molecule has 0 saturated carbocycles. The number of carbonyl (C=O) groups is 1. The van der Waals surface area contributed by atoms with Gasteiger partial charge < -0.3 is 4.74 Å². The van der Waals surface area contributed by atoms with Gasteiger partial charge in [-0.1, -0.05) is 6.07 Å². The first-order chi connectivity index (χ1) is 10.3. The summed E-state index contributed by atoms with van der Waals surface area (Å²) in [6.45, 7) is 0. The van der Waals surface area contributed by atoms with Gasteiger partial charge in [0.1, 0.15) is 5.75 Å². The van der Waals surface area contributed by atoms with Crippen LogP contribution in [-0.4, -0.2) is 23.7 Å². The van der Waals surface area contributed by atoms with Crippen molar-refractivity contribution in [3.8, 4) is 5.75 Å². The average Bonchev–Trinajstić information content (AvgIpc) is 2.89. The second-order valence-electron chi connectivity index (χ2n) is 4.78. The van der Waals surface area contributed by atoms with Gasteiger partial charge in [0.2, 0.25) is 0 Å². The number of aromatic nitrogens is 1. The fraction of sp³-hybridized carbons (Fsp3) is 0.188. The zero-order chi connectivity index (χ0) is 14.7. The molecule has 0 atom stereocenters. The van der Waals surface area contributed by atoms with Crippen molar-refractivity contribution in [1.29, 1.82) is 0 Å². The Hall–Kier alpha value is -2.69. The maximum atomic E-state index is 12.1. The van der Waals surface area contributed by atoms with Crippen LogP contribution in [-0.2, 0) is 11.2 Å². The summed E-state index contributed by atoms with van der Waals surface area (Å²) in [6.07, 6.45) is 4.52. The van der Waals surface area contributed by atoms with E-state index in [1.165, 1.54) is 5.01 Å². The summed E-state index contributed by atoms with van der Waals surface area (Å²) in [5, 5.41) is 5.87. The fourth-order valence-electron chi connectivity index (χ4n) is 2.24. The largest absolute Gasteiger partial charge is 0.497 e. The monoisotopic (exact) mass is 281 g/mol. The van der Waals surface area contributed by atoms with E-state index in [4.69, 9.17) is 4.74 Å². The highest BCUT2D eigenvalue weighted by Crippen LogP contribution is 2.24. The van der Waals surface area contributed by atoms with Crippen LogP contribution in [0, 0.1) is 0 Å². The SMILES string of the molecule is COc1ccc(N2N=C(Cc3cccnc3)CC2=O)cc1. The molecule has 106 valence electrons. The predicted octanol–water partition coefficient (Wildman–Crippen LogP) is 2.43. The minimum Gasteiger partial charge on any atom is -0.497 e. The molecule has 1 aromatic carbocycles. The minimum atomic E-state index is -0.0148. The van der Waals surface area contributed by atoms with E-state index in [2.05, 4.69) is 10.1 Å². The fourth-order valence-corrected chi connectivity index (χ4v) is 2.24. The number of hydrogen-bond donors (Lipinski definition) is 0. The van der Waals surface area contributed by atoms with Crippen molar-refractivity contribution < 1.29 is 9.53 Å². The molecule has 1 amide bonds. The Morgan fingerprint density at radius 3 is 2.71 bits per heavy atom. The van der Waals surface area contributed by atoms with Gasteiger partial charge in [-0.15, -0.1) is 0 Å². The molecule has 0 unspecified atom stereocenters. The summed E-state index contributed by atoms with van der Waals surface area (Å²) in [6, 6.07) is 11.2. The standard InChI is InChI=1S/C16H15N3O2/c1-21-15-6-4-14(5-7-15)19-16(20)10-13(18-19)9-12-3-2-8-17-11-12/h2-8,11H,9-10H2,1H3. The maximum Gasteiger partial charge on any atom is 0.253 e. The topological polar surface area (TPSA) is 54.8 Å². The number of hydrazone groups is 1. The van der Waals surface area contributed by atoms with E-state index in [0.717, 1.165) is 22.7 Å². The summed E-state index contributed by atoms with van der Waals surface area (Å²) in [4.78, 5) is 16.2. The number of hydrogen-bond acceptors (Lipinski definition) is 4. The van der Waals surface area contributed by atoms with Crippen LogP contribution in [0.5, 0.6) is 5.75 Å². The molecule has 5 heteroatoms. The van der Waals surface area contributed by atoms with Crippen LogP contribution in [0.15, 0.2) is 53.9 Å². The van der Waals surface area contributed by atoms with Crippen LogP contribution in [0.3, 0.4) is 0 Å². The van der Waals surface area contributed by atoms with Crippen molar-refractivity contribution in [3.05, 3.63) is 54.4 Å². The molecule has 0 bridgehead atoms. The summed E-state index contributed by atoms with van der Waals surface area (Å²) in [5.41, 5.74) is 2.66. The lowest BCUT2D eigenvalue weighted by molar-refractivity contribution is -0.116. The third-order valence-corrected chi connectivity index (χ3v) is 3.28. The summed E-state index contributed by atoms with van der Waals surface area (Å²) < 4.78 is 5.11. The Morgan fingerprint density at radius 1 is 1.24 bits per heavy atom. The van der Waals surface area contributed by atoms with Gasteiger partial charge in [-0.2, -0.15) is 5.10 Å². The van der Waals surface area contributed by atoms with Crippen molar-refractivity contribution >= 4 is 17.3 Å². The Bertz CT molecular complexity index is 666. The lowest BCUT2D eigenvalue weighted by atomic mass is 10.1. The molecular weight excluding hydrogens is 266 g/mol. The molecule has 0 fully saturated rings. The highest BCUT2D eigenvalue weighted by atomic mass is 16.5. The number of carbonyl (C=O) groups excluding carboxylic acids is 1. The maximum absolute atomic E-state index is 12.1. The molecule has 1 aromatic heterocycles. The summed E-state index contributed by atoms with van der Waals surface area (Å²) in [5.74, 6) is 0.740. The van der Waals surface area contributed by atoms with Crippen molar-refractivity contribution in [3.63, 3.8) is 0 Å². The molecule has 2 aromatic rings. The van der Waals surface area contributed by atoms with E-state index in [9.17, 15) is 4.79 Å². The van der Waals surface area contributed by atoms with Gasteiger partial charge in [0.25, 0.3) is 5.91 Å². The van der Waals surface area contributed by atoms with E-state index in [0.29, 0.717) is 12.8 Å². The Kier molecular flexibility index (Phi) is 3.64. The number of pyridine rings is 1. The molecule has 1 aliphatic rings. The van der Waals surface area contributed by atoms with Crippen molar-refractivity contribution in [2.75, 3.05) is 12.1 Å². The highest BCUT2D eigenvalue weighted by Gasteiger charge is 2.25. The lowest BCUT2D eigenvalue weighted by Gasteiger charge is -2.11. The van der Waals surface area contributed by atoms with E-state index in [-0.39, 0.29) is 5.91 Å². The first-order valence-electron chi connectivity index (χ1n) is 6.68. The Labute approximate surface area is 122 Å². The van der Waals surface area contributed by atoms with Gasteiger partial charge in [0, 0.05) is 18.8 Å². The molecule has 0 radical (unpaired) electrons. The zero-order valence-corrected chi connectivity index (χ0v) is 11.7. The molecule has 2 heterocycles. The van der Waals surface area contributed by atoms with Crippen molar-refractivity contribution in [2.24, 2.45) is 5.10 Å². The first-order valence-corrected chi connectivity index (χ1v) is 6.68. The third kappa shape index (κ3) is 2.91. The average molecular weight is 281 g/mol. The number of anilines is 1. The molecule has 0 aliphatic carbocycles. The van der Waals surface area contributed by atoms with Gasteiger partial charge in [-0.25, -0.2) is 5.01 Å². The number of rotatable bonds is 4. The second kappa shape index (κ2) is 5.75. The molecule has 3 rings (SSSR count). The number of ether oxygens (including phenoxy) is 1. The van der Waals surface area contributed by atoms with Crippen LogP contribution in [0.1, 0.15) is 12.0 Å². The molecule has 5 nitrogen and oxygen atoms in total. The lowest BCUT2D eigenvalue weighted by Crippen LogP contribution is -2.19. The Balaban J connectivity index is 1.78. The number of nitrogens with zero attached hydrogens (tertiary/aromatic N) is 3. The third-order valence-electron chi connectivity index (χ3n) is 3.28. The zero-order valence-electron chi connectivity index (χ0n) is 11.7. The second-order valence-corrected chi connectivity index (χ2v) is 4.78. The molecule has 0 N–H and O–H groups in total. The van der Waals surface area contributed by atoms with Crippen molar-refractivity contribution in [1.82, 2.24) is 4.98 Å². The van der Waals surface area contributed by atoms with Gasteiger partial charge in [0.05, 0.1) is 24.9 Å². The van der Waals surface area contributed by atoms with Gasteiger partial charge >= 0.3 is 0 Å². The van der Waals surface area contributed by atoms with E-state index in [1.807, 2.05) is 36.4 Å². The number of benzene rings is 1. The quantitative estimate of drug-likeness (QED) is 0.865. The van der Waals surface area contributed by atoms with E-state index >= 15 is 0 Å². The number of amides is 1. The highest BCUT2D eigenvalue weighted by molar-refractivity contribution is 6.13. The van der Waals surface area contributed by atoms with E-state index < -0.39 is 0 Å². The number of methoxy groups -OCH3 is 1. The van der Waals surface area contributed by atoms with Crippen LogP contribution in [0.25, 0.3) is 0 Å². The summed E-state index contributed by atoms with van der Waals surface area (Å²) >= 11 is 0. The van der Waals surface area contributed by atoms with Gasteiger partial charge in [-0.3, -0.25) is 9.78 Å². The summed E-state index contributed by atoms with van der Waals surface area (Å²) in [7, 11) is 1.61. The minimum absolute atomic E-state index is 0.0148. The Morgan fingerprint density at radius 2 is 2.05 bits per heavy atom. The molecular formula is C16H15N3O2. The molecule has 1 aliphatic heterocycles. The van der Waals surface area contributed by atoms with Crippen molar-refractivity contribution in [2.45, 2.75) is 12.8 Å². The molecule has 0 spiro atoms. The predicted molar refractivity (Wildman–Crippen MR) is 80.5 cm³/mol. The van der Waals surface area contributed by atoms with Crippen LogP contribution in [0.2, 0.25) is 0 Å². The molecule has 0 saturated heterocycles. The van der Waals surface area contributed by atoms with E-state index in [1.54, 1.807) is 19.5 Å². The normalized spacial score (nSPS) is 14.2.